The van der Waals surface area contributed by atoms with Gasteiger partial charge in [0.05, 0.1) is 10.0 Å². The molecule has 0 aliphatic rings. The highest BCUT2D eigenvalue weighted by Gasteiger charge is 2.14. The van der Waals surface area contributed by atoms with Crippen molar-refractivity contribution in [3.8, 4) is 12.1 Å². The Hall–Kier alpha value is -4.57. The van der Waals surface area contributed by atoms with Crippen molar-refractivity contribution in [2.24, 2.45) is 10.2 Å². The van der Waals surface area contributed by atoms with Gasteiger partial charge < -0.3 is 0 Å². The van der Waals surface area contributed by atoms with Crippen molar-refractivity contribution >= 4 is 46.4 Å². The van der Waals surface area contributed by atoms with Crippen molar-refractivity contribution in [1.29, 1.82) is 10.5 Å². The zero-order valence-corrected chi connectivity index (χ0v) is 18.7. The summed E-state index contributed by atoms with van der Waals surface area (Å²) in [6.45, 7) is 0. The second-order valence-corrected chi connectivity index (χ2v) is 7.21. The Labute approximate surface area is 204 Å². The quantitative estimate of drug-likeness (QED) is 0.400. The van der Waals surface area contributed by atoms with Gasteiger partial charge in [-0.3, -0.25) is 9.59 Å². The van der Waals surface area contributed by atoms with Crippen molar-refractivity contribution in [2.75, 3.05) is 0 Å². The number of benzene rings is 2. The van der Waals surface area contributed by atoms with Gasteiger partial charge in [-0.2, -0.15) is 20.7 Å². The number of halogens is 2. The molecule has 0 radical (unpaired) electrons. The van der Waals surface area contributed by atoms with Crippen molar-refractivity contribution in [3.63, 3.8) is 0 Å². The topological polar surface area (TPSA) is 143 Å². The lowest BCUT2D eigenvalue weighted by Crippen LogP contribution is -2.24. The molecule has 34 heavy (non-hydrogen) atoms. The average molecular weight is 490 g/mol. The number of amides is 2. The number of carbonyl (C=O) groups is 2. The van der Waals surface area contributed by atoms with Gasteiger partial charge in [-0.05, 0) is 24.3 Å². The Balaban J connectivity index is 1.75. The third-order valence-electron chi connectivity index (χ3n) is 4.22. The van der Waals surface area contributed by atoms with E-state index in [1.165, 1.54) is 18.2 Å². The van der Waals surface area contributed by atoms with Gasteiger partial charge in [0.25, 0.3) is 11.8 Å². The molecular weight excluding hydrogens is 477 g/mol. The molecular formula is C23H13Cl2N7O2. The van der Waals surface area contributed by atoms with Crippen LogP contribution in [0.3, 0.4) is 0 Å². The molecule has 2 N–H and O–H groups in total. The molecule has 0 saturated heterocycles. The molecule has 166 valence electrons. The van der Waals surface area contributed by atoms with Crippen LogP contribution in [0.25, 0.3) is 0 Å². The second-order valence-electron chi connectivity index (χ2n) is 6.39. The van der Waals surface area contributed by atoms with Crippen LogP contribution in [0.5, 0.6) is 0 Å². The fraction of sp³-hybridized carbons (Fsp3) is 0. The number of nitrogens with zero attached hydrogens (tertiary/aromatic N) is 5. The molecule has 9 nitrogen and oxygen atoms in total. The van der Waals surface area contributed by atoms with Crippen LogP contribution in [0.4, 0.5) is 0 Å². The van der Waals surface area contributed by atoms with Gasteiger partial charge in [0.1, 0.15) is 23.5 Å². The summed E-state index contributed by atoms with van der Waals surface area (Å²) in [4.78, 5) is 28.9. The molecule has 0 spiro atoms. The largest absolute Gasteiger partial charge is 0.290 e. The molecule has 0 aliphatic carbocycles. The molecule has 1 heterocycles. The van der Waals surface area contributed by atoms with Gasteiger partial charge in [-0.25, -0.2) is 15.8 Å². The molecule has 0 bridgehead atoms. The first-order valence-electron chi connectivity index (χ1n) is 9.47. The van der Waals surface area contributed by atoms with Crippen LogP contribution in [0.2, 0.25) is 10.0 Å². The number of hydrogen-bond acceptors (Lipinski definition) is 7. The molecule has 0 fully saturated rings. The van der Waals surface area contributed by atoms with E-state index in [4.69, 9.17) is 23.2 Å². The summed E-state index contributed by atoms with van der Waals surface area (Å²) in [7, 11) is 0. The summed E-state index contributed by atoms with van der Waals surface area (Å²) in [6, 6.07) is 20.9. The summed E-state index contributed by atoms with van der Waals surface area (Å²) in [5, 5.41) is 26.8. The van der Waals surface area contributed by atoms with E-state index < -0.39 is 11.8 Å². The van der Waals surface area contributed by atoms with Gasteiger partial charge >= 0.3 is 0 Å². The second kappa shape index (κ2) is 11.3. The third-order valence-corrected chi connectivity index (χ3v) is 4.88. The first-order chi connectivity index (χ1) is 16.4. The number of hydrogen-bond donors (Lipinski definition) is 2. The molecule has 11 heteroatoms. The Bertz CT molecular complexity index is 1300. The summed E-state index contributed by atoms with van der Waals surface area (Å²) in [6.07, 6.45) is 0. The van der Waals surface area contributed by atoms with Crippen molar-refractivity contribution in [1.82, 2.24) is 15.8 Å². The summed E-state index contributed by atoms with van der Waals surface area (Å²) >= 11 is 12.1. The molecule has 0 saturated carbocycles. The zero-order valence-electron chi connectivity index (χ0n) is 17.2. The average Bonchev–Trinajstić information content (AvgIpc) is 2.86. The van der Waals surface area contributed by atoms with E-state index in [1.807, 2.05) is 12.1 Å². The van der Waals surface area contributed by atoms with Gasteiger partial charge in [-0.15, -0.1) is 0 Å². The first kappa shape index (κ1) is 24.1. The monoisotopic (exact) mass is 489 g/mol. The van der Waals surface area contributed by atoms with Crippen molar-refractivity contribution < 1.29 is 9.59 Å². The minimum absolute atomic E-state index is 0.106. The maximum Gasteiger partial charge on any atom is 0.290 e. The van der Waals surface area contributed by atoms with E-state index in [0.717, 1.165) is 0 Å². The summed E-state index contributed by atoms with van der Waals surface area (Å²) in [5.74, 6) is -1.52. The van der Waals surface area contributed by atoms with E-state index in [2.05, 4.69) is 26.0 Å². The molecule has 3 aromatic rings. The maximum atomic E-state index is 12.5. The number of nitriles is 2. The van der Waals surface area contributed by atoms with Crippen LogP contribution in [0.15, 0.2) is 76.9 Å². The fourth-order valence-corrected chi connectivity index (χ4v) is 3.06. The van der Waals surface area contributed by atoms with Crippen LogP contribution in [0, 0.1) is 22.7 Å². The lowest BCUT2D eigenvalue weighted by molar-refractivity contribution is 0.0945. The minimum Gasteiger partial charge on any atom is -0.266 e. The third kappa shape index (κ3) is 5.81. The van der Waals surface area contributed by atoms with Crippen LogP contribution < -0.4 is 10.9 Å². The maximum absolute atomic E-state index is 12.5. The highest BCUT2D eigenvalue weighted by Crippen LogP contribution is 2.16. The van der Waals surface area contributed by atoms with Gasteiger partial charge in [0.15, 0.2) is 11.4 Å². The van der Waals surface area contributed by atoms with Gasteiger partial charge in [0, 0.05) is 11.1 Å². The first-order valence-corrected chi connectivity index (χ1v) is 10.2. The van der Waals surface area contributed by atoms with Gasteiger partial charge in [-0.1, -0.05) is 65.7 Å². The highest BCUT2D eigenvalue weighted by atomic mass is 35.5. The zero-order chi connectivity index (χ0) is 24.5. The molecule has 3 rings (SSSR count). The van der Waals surface area contributed by atoms with Crippen LogP contribution >= 0.6 is 23.2 Å². The lowest BCUT2D eigenvalue weighted by atomic mass is 10.1. The normalized spacial score (nSPS) is 11.2. The van der Waals surface area contributed by atoms with Crippen molar-refractivity contribution in [2.45, 2.75) is 0 Å². The Kier molecular flexibility index (Phi) is 8.03. The minimum atomic E-state index is -0.758. The highest BCUT2D eigenvalue weighted by molar-refractivity contribution is 6.36. The Morgan fingerprint density at radius 3 is 1.50 bits per heavy atom. The smallest absolute Gasteiger partial charge is 0.266 e. The molecule has 0 unspecified atom stereocenters. The number of aromatic nitrogens is 1. The molecule has 2 aromatic carbocycles. The summed E-state index contributed by atoms with van der Waals surface area (Å²) < 4.78 is 0. The molecule has 1 aromatic heterocycles. The van der Waals surface area contributed by atoms with E-state index in [9.17, 15) is 20.1 Å². The van der Waals surface area contributed by atoms with E-state index in [-0.39, 0.29) is 22.8 Å². The fourth-order valence-electron chi connectivity index (χ4n) is 2.61. The number of pyridine rings is 1. The van der Waals surface area contributed by atoms with Crippen molar-refractivity contribution in [3.05, 3.63) is 99.3 Å². The number of rotatable bonds is 6. The molecule has 0 aliphatic heterocycles. The predicted octanol–water partition coefficient (Wildman–Crippen LogP) is 3.70. The molecule has 0 atom stereocenters. The predicted molar refractivity (Wildman–Crippen MR) is 126 cm³/mol. The van der Waals surface area contributed by atoms with Crippen LogP contribution in [0.1, 0.15) is 32.1 Å². The van der Waals surface area contributed by atoms with Crippen LogP contribution in [-0.4, -0.2) is 28.2 Å². The van der Waals surface area contributed by atoms with E-state index >= 15 is 0 Å². The van der Waals surface area contributed by atoms with E-state index in [1.54, 1.807) is 48.5 Å². The molecule has 2 amide bonds. The van der Waals surface area contributed by atoms with Gasteiger partial charge in [0.2, 0.25) is 0 Å². The Morgan fingerprint density at radius 1 is 0.706 bits per heavy atom. The SMILES string of the molecule is N#C/C(=N\NC(=O)c1cccc(C(=O)N/N=C(\C#N)c2ccccc2Cl)n1)c1ccccc1Cl. The Morgan fingerprint density at radius 2 is 1.12 bits per heavy atom. The van der Waals surface area contributed by atoms with E-state index in [0.29, 0.717) is 21.2 Å². The standard InChI is InChI=1S/C23H13Cl2N7O2/c24-16-8-3-1-6-14(16)20(12-26)29-31-22(33)18-10-5-11-19(28-18)23(34)32-30-21(13-27)15-7-2-4-9-17(15)25/h1-11H,(H,31,33)(H,32,34)/b29-20+,30-21+. The lowest BCUT2D eigenvalue weighted by Gasteiger charge is -2.05. The number of hydrazone groups is 2. The number of nitrogens with one attached hydrogen (secondary N) is 2. The van der Waals surface area contributed by atoms with Crippen LogP contribution in [-0.2, 0) is 0 Å². The summed E-state index contributed by atoms with van der Waals surface area (Å²) in [5.41, 5.74) is 4.64. The number of carbonyl (C=O) groups excluding carboxylic acids is 2.